The molecule has 1 amide bonds. The number of hydrogen-bond donors (Lipinski definition) is 2. The molecule has 21 heavy (non-hydrogen) atoms. The zero-order valence-corrected chi connectivity index (χ0v) is 12.3. The van der Waals surface area contributed by atoms with Crippen molar-refractivity contribution in [3.63, 3.8) is 0 Å². The number of carbonyl (C=O) groups is 1. The Bertz CT molecular complexity index is 492. The van der Waals surface area contributed by atoms with E-state index in [0.717, 1.165) is 25.7 Å². The number of aliphatic hydroxyl groups excluding tert-OH is 1. The van der Waals surface area contributed by atoms with E-state index in [2.05, 4.69) is 5.32 Å². The summed E-state index contributed by atoms with van der Waals surface area (Å²) in [7, 11) is 1.45. The first-order valence-corrected chi connectivity index (χ1v) is 7.38. The first-order valence-electron chi connectivity index (χ1n) is 7.38. The van der Waals surface area contributed by atoms with Gasteiger partial charge in [0.05, 0.1) is 12.7 Å². The van der Waals surface area contributed by atoms with Crippen molar-refractivity contribution in [2.45, 2.75) is 25.7 Å². The van der Waals surface area contributed by atoms with Crippen molar-refractivity contribution in [3.05, 3.63) is 29.6 Å². The average Bonchev–Trinajstić information content (AvgIpc) is 2.52. The van der Waals surface area contributed by atoms with Crippen LogP contribution in [0.15, 0.2) is 18.2 Å². The number of hydrogen-bond acceptors (Lipinski definition) is 3. The number of carbonyl (C=O) groups excluding carboxylic acids is 1. The molecule has 0 radical (unpaired) electrons. The summed E-state index contributed by atoms with van der Waals surface area (Å²) in [6.45, 7) is 0.632. The van der Waals surface area contributed by atoms with Crippen LogP contribution >= 0.6 is 0 Å². The summed E-state index contributed by atoms with van der Waals surface area (Å²) >= 11 is 0. The van der Waals surface area contributed by atoms with Crippen LogP contribution in [-0.4, -0.2) is 31.3 Å². The van der Waals surface area contributed by atoms with Crippen molar-refractivity contribution in [1.82, 2.24) is 5.32 Å². The Morgan fingerprint density at radius 2 is 2.10 bits per heavy atom. The van der Waals surface area contributed by atoms with Gasteiger partial charge in [-0.15, -0.1) is 0 Å². The molecule has 0 saturated heterocycles. The molecular weight excluding hydrogens is 273 g/mol. The van der Waals surface area contributed by atoms with Gasteiger partial charge in [-0.1, -0.05) is 12.8 Å². The lowest BCUT2D eigenvalue weighted by molar-refractivity contribution is 0.0905. The van der Waals surface area contributed by atoms with E-state index in [4.69, 9.17) is 4.74 Å². The SMILES string of the molecule is COc1ccc(C(=O)NCC2CCCCC2CO)c(F)c1. The number of methoxy groups -OCH3 is 1. The molecule has 2 rings (SSSR count). The second-order valence-electron chi connectivity index (χ2n) is 5.54. The molecule has 1 saturated carbocycles. The van der Waals surface area contributed by atoms with Gasteiger partial charge in [-0.3, -0.25) is 4.79 Å². The summed E-state index contributed by atoms with van der Waals surface area (Å²) in [5.74, 6) is -0.114. The van der Waals surface area contributed by atoms with Crippen molar-refractivity contribution in [2.75, 3.05) is 20.3 Å². The van der Waals surface area contributed by atoms with Gasteiger partial charge in [0.2, 0.25) is 0 Å². The molecule has 0 bridgehead atoms. The van der Waals surface area contributed by atoms with E-state index in [9.17, 15) is 14.3 Å². The van der Waals surface area contributed by atoms with E-state index in [0.29, 0.717) is 12.3 Å². The summed E-state index contributed by atoms with van der Waals surface area (Å²) in [6.07, 6.45) is 4.24. The van der Waals surface area contributed by atoms with E-state index in [1.165, 1.54) is 19.2 Å². The fraction of sp³-hybridized carbons (Fsp3) is 0.562. The van der Waals surface area contributed by atoms with Crippen LogP contribution in [0.4, 0.5) is 4.39 Å². The Balaban J connectivity index is 1.95. The van der Waals surface area contributed by atoms with Gasteiger partial charge in [0, 0.05) is 19.2 Å². The number of ether oxygens (including phenoxy) is 1. The van der Waals surface area contributed by atoms with E-state index in [1.807, 2.05) is 0 Å². The molecule has 2 atom stereocenters. The predicted octanol–water partition coefficient (Wildman–Crippen LogP) is 2.36. The highest BCUT2D eigenvalue weighted by Gasteiger charge is 2.25. The molecule has 4 nitrogen and oxygen atoms in total. The maximum atomic E-state index is 13.8. The van der Waals surface area contributed by atoms with Gasteiger partial charge in [-0.2, -0.15) is 0 Å². The zero-order chi connectivity index (χ0) is 15.2. The first-order chi connectivity index (χ1) is 10.2. The molecule has 1 aliphatic carbocycles. The molecule has 1 fully saturated rings. The second kappa shape index (κ2) is 7.41. The Morgan fingerprint density at radius 3 is 2.71 bits per heavy atom. The van der Waals surface area contributed by atoms with Crippen LogP contribution < -0.4 is 10.1 Å². The maximum Gasteiger partial charge on any atom is 0.254 e. The van der Waals surface area contributed by atoms with Gasteiger partial charge in [-0.25, -0.2) is 4.39 Å². The number of amides is 1. The molecule has 5 heteroatoms. The van der Waals surface area contributed by atoms with Crippen LogP contribution in [0.3, 0.4) is 0 Å². The van der Waals surface area contributed by atoms with Crippen molar-refractivity contribution in [2.24, 2.45) is 11.8 Å². The monoisotopic (exact) mass is 295 g/mol. The minimum atomic E-state index is -0.589. The molecule has 0 spiro atoms. The number of benzene rings is 1. The van der Waals surface area contributed by atoms with Crippen LogP contribution in [0.1, 0.15) is 36.0 Å². The molecule has 0 aliphatic heterocycles. The fourth-order valence-corrected chi connectivity index (χ4v) is 2.92. The number of aliphatic hydroxyl groups is 1. The molecule has 1 aromatic rings. The highest BCUT2D eigenvalue weighted by atomic mass is 19.1. The van der Waals surface area contributed by atoms with Gasteiger partial charge in [-0.05, 0) is 36.8 Å². The number of rotatable bonds is 5. The van der Waals surface area contributed by atoms with Crippen molar-refractivity contribution in [1.29, 1.82) is 0 Å². The summed E-state index contributed by atoms with van der Waals surface area (Å²) < 4.78 is 18.7. The normalized spacial score (nSPS) is 21.9. The summed E-state index contributed by atoms with van der Waals surface area (Å²) in [6, 6.07) is 4.19. The standard InChI is InChI=1S/C16H22FNO3/c1-21-13-6-7-14(15(17)8-13)16(20)18-9-11-4-2-3-5-12(11)10-19/h6-8,11-12,19H,2-5,9-10H2,1H3,(H,18,20). The topological polar surface area (TPSA) is 58.6 Å². The highest BCUT2D eigenvalue weighted by molar-refractivity contribution is 5.94. The van der Waals surface area contributed by atoms with Crippen LogP contribution in [-0.2, 0) is 0 Å². The minimum absolute atomic E-state index is 0.0205. The van der Waals surface area contributed by atoms with Crippen LogP contribution in [0.25, 0.3) is 0 Å². The number of nitrogens with one attached hydrogen (secondary N) is 1. The summed E-state index contributed by atoms with van der Waals surface area (Å²) in [5, 5.41) is 12.1. The van der Waals surface area contributed by atoms with Crippen LogP contribution in [0, 0.1) is 17.7 Å². The Morgan fingerprint density at radius 1 is 1.38 bits per heavy atom. The minimum Gasteiger partial charge on any atom is -0.497 e. The number of halogens is 1. The Kier molecular flexibility index (Phi) is 5.56. The zero-order valence-electron chi connectivity index (χ0n) is 12.3. The largest absolute Gasteiger partial charge is 0.497 e. The fourth-order valence-electron chi connectivity index (χ4n) is 2.92. The van der Waals surface area contributed by atoms with Gasteiger partial charge in [0.1, 0.15) is 11.6 Å². The van der Waals surface area contributed by atoms with E-state index < -0.39 is 11.7 Å². The molecule has 0 heterocycles. The van der Waals surface area contributed by atoms with Gasteiger partial charge < -0.3 is 15.2 Å². The van der Waals surface area contributed by atoms with Gasteiger partial charge in [0.15, 0.2) is 0 Å². The smallest absolute Gasteiger partial charge is 0.254 e. The highest BCUT2D eigenvalue weighted by Crippen LogP contribution is 2.29. The third-order valence-electron chi connectivity index (χ3n) is 4.25. The third-order valence-corrected chi connectivity index (χ3v) is 4.25. The predicted molar refractivity (Wildman–Crippen MR) is 77.8 cm³/mol. The lowest BCUT2D eigenvalue weighted by atomic mass is 9.79. The Labute approximate surface area is 124 Å². The van der Waals surface area contributed by atoms with Crippen LogP contribution in [0.5, 0.6) is 5.75 Å². The molecular formula is C16H22FNO3. The van der Waals surface area contributed by atoms with Crippen molar-refractivity contribution >= 4 is 5.91 Å². The lowest BCUT2D eigenvalue weighted by Crippen LogP contribution is -2.35. The third kappa shape index (κ3) is 3.94. The quantitative estimate of drug-likeness (QED) is 0.876. The van der Waals surface area contributed by atoms with Gasteiger partial charge in [0.25, 0.3) is 5.91 Å². The van der Waals surface area contributed by atoms with E-state index in [1.54, 1.807) is 6.07 Å². The van der Waals surface area contributed by atoms with Crippen molar-refractivity contribution in [3.8, 4) is 5.75 Å². The molecule has 2 N–H and O–H groups in total. The van der Waals surface area contributed by atoms with E-state index in [-0.39, 0.29) is 24.0 Å². The molecule has 1 aromatic carbocycles. The summed E-state index contributed by atoms with van der Waals surface area (Å²) in [4.78, 5) is 12.0. The lowest BCUT2D eigenvalue weighted by Gasteiger charge is -2.30. The second-order valence-corrected chi connectivity index (χ2v) is 5.54. The van der Waals surface area contributed by atoms with E-state index >= 15 is 0 Å². The molecule has 116 valence electrons. The van der Waals surface area contributed by atoms with Crippen molar-refractivity contribution < 1.29 is 19.0 Å². The molecule has 2 unspecified atom stereocenters. The van der Waals surface area contributed by atoms with Gasteiger partial charge >= 0.3 is 0 Å². The molecule has 0 aromatic heterocycles. The Hall–Kier alpha value is -1.62. The maximum absolute atomic E-state index is 13.8. The first kappa shape index (κ1) is 15.8. The average molecular weight is 295 g/mol. The van der Waals surface area contributed by atoms with Crippen LogP contribution in [0.2, 0.25) is 0 Å². The summed E-state index contributed by atoms with van der Waals surface area (Å²) in [5.41, 5.74) is 0.0205. The molecule has 1 aliphatic rings.